The lowest BCUT2D eigenvalue weighted by atomic mass is 9.76. The maximum absolute atomic E-state index is 5.88. The number of benzene rings is 1. The molecule has 0 bridgehead atoms. The van der Waals surface area contributed by atoms with Crippen molar-refractivity contribution in [3.63, 3.8) is 0 Å². The van der Waals surface area contributed by atoms with E-state index in [1.807, 2.05) is 24.3 Å². The summed E-state index contributed by atoms with van der Waals surface area (Å²) in [7, 11) is 1.69. The van der Waals surface area contributed by atoms with Crippen LogP contribution in [-0.2, 0) is 0 Å². The van der Waals surface area contributed by atoms with Crippen LogP contribution in [0, 0.1) is 0 Å². The van der Waals surface area contributed by atoms with Crippen LogP contribution >= 0.6 is 11.6 Å². The van der Waals surface area contributed by atoms with Crippen LogP contribution in [0.25, 0.3) is 0 Å². The summed E-state index contributed by atoms with van der Waals surface area (Å²) < 4.78 is 5.18. The Morgan fingerprint density at radius 2 is 1.90 bits per heavy atom. The standard InChI is InChI=1S/C16H17ClN2O/c1-20-14-7-5-11(6-8-14)12-9-13(10-12)18-16-4-2-3-15(17)19-16/h2-8,12-13H,9-10H2,1H3,(H,18,19). The molecule has 104 valence electrons. The first kappa shape index (κ1) is 13.3. The molecule has 1 aliphatic rings. The number of aromatic nitrogens is 1. The fourth-order valence-corrected chi connectivity index (χ4v) is 2.75. The minimum Gasteiger partial charge on any atom is -0.497 e. The third-order valence-electron chi connectivity index (χ3n) is 3.79. The van der Waals surface area contributed by atoms with Gasteiger partial charge in [0.25, 0.3) is 0 Å². The summed E-state index contributed by atoms with van der Waals surface area (Å²) in [5.41, 5.74) is 1.38. The highest BCUT2D eigenvalue weighted by Crippen LogP contribution is 2.38. The van der Waals surface area contributed by atoms with Crippen LogP contribution in [0.2, 0.25) is 5.15 Å². The number of nitrogens with one attached hydrogen (secondary N) is 1. The molecule has 1 aromatic heterocycles. The SMILES string of the molecule is COc1ccc(C2CC(Nc3cccc(Cl)n3)C2)cc1. The second-order valence-electron chi connectivity index (χ2n) is 5.13. The Balaban J connectivity index is 1.55. The van der Waals surface area contributed by atoms with E-state index in [0.717, 1.165) is 24.4 Å². The van der Waals surface area contributed by atoms with E-state index in [-0.39, 0.29) is 0 Å². The molecule has 0 saturated heterocycles. The molecule has 0 amide bonds. The number of rotatable bonds is 4. The van der Waals surface area contributed by atoms with E-state index < -0.39 is 0 Å². The monoisotopic (exact) mass is 288 g/mol. The molecule has 3 nitrogen and oxygen atoms in total. The van der Waals surface area contributed by atoms with Crippen molar-refractivity contribution in [1.29, 1.82) is 0 Å². The molecule has 2 aromatic rings. The van der Waals surface area contributed by atoms with Crippen LogP contribution in [0.1, 0.15) is 24.3 Å². The van der Waals surface area contributed by atoms with E-state index in [4.69, 9.17) is 16.3 Å². The molecule has 1 N–H and O–H groups in total. The Morgan fingerprint density at radius 3 is 2.55 bits per heavy atom. The minimum atomic E-state index is 0.480. The molecule has 0 unspecified atom stereocenters. The van der Waals surface area contributed by atoms with Gasteiger partial charge in [0.15, 0.2) is 0 Å². The highest BCUT2D eigenvalue weighted by molar-refractivity contribution is 6.29. The number of anilines is 1. The third kappa shape index (κ3) is 2.88. The van der Waals surface area contributed by atoms with Crippen LogP contribution in [-0.4, -0.2) is 18.1 Å². The van der Waals surface area contributed by atoms with Crippen molar-refractivity contribution in [3.8, 4) is 5.75 Å². The first-order valence-corrected chi connectivity index (χ1v) is 7.15. The van der Waals surface area contributed by atoms with Crippen LogP contribution in [0.4, 0.5) is 5.82 Å². The van der Waals surface area contributed by atoms with Crippen molar-refractivity contribution in [2.45, 2.75) is 24.8 Å². The van der Waals surface area contributed by atoms with Gasteiger partial charge >= 0.3 is 0 Å². The van der Waals surface area contributed by atoms with Crippen molar-refractivity contribution >= 4 is 17.4 Å². The van der Waals surface area contributed by atoms with Gasteiger partial charge in [0.2, 0.25) is 0 Å². The predicted molar refractivity (Wildman–Crippen MR) is 81.6 cm³/mol. The first-order chi connectivity index (χ1) is 9.74. The van der Waals surface area contributed by atoms with Gasteiger partial charge in [-0.2, -0.15) is 0 Å². The number of nitrogens with zero attached hydrogens (tertiary/aromatic N) is 1. The second-order valence-corrected chi connectivity index (χ2v) is 5.52. The van der Waals surface area contributed by atoms with Crippen molar-refractivity contribution in [1.82, 2.24) is 4.98 Å². The summed E-state index contributed by atoms with van der Waals surface area (Å²) in [6.07, 6.45) is 2.25. The smallest absolute Gasteiger partial charge is 0.131 e. The van der Waals surface area contributed by atoms with Gasteiger partial charge in [0, 0.05) is 6.04 Å². The van der Waals surface area contributed by atoms with Gasteiger partial charge in [-0.3, -0.25) is 0 Å². The zero-order valence-corrected chi connectivity index (χ0v) is 12.1. The number of pyridine rings is 1. The molecule has 0 radical (unpaired) electrons. The van der Waals surface area contributed by atoms with E-state index >= 15 is 0 Å². The van der Waals surface area contributed by atoms with E-state index in [9.17, 15) is 0 Å². The van der Waals surface area contributed by atoms with Gasteiger partial charge in [-0.05, 0) is 48.6 Å². The van der Waals surface area contributed by atoms with Crippen LogP contribution in [0.15, 0.2) is 42.5 Å². The molecule has 0 aliphatic heterocycles. The Hall–Kier alpha value is -1.74. The second kappa shape index (κ2) is 5.71. The van der Waals surface area contributed by atoms with Gasteiger partial charge in [0.1, 0.15) is 16.7 Å². The normalized spacial score (nSPS) is 21.1. The molecule has 1 fully saturated rings. The predicted octanol–water partition coefficient (Wildman–Crippen LogP) is 4.10. The number of methoxy groups -OCH3 is 1. The minimum absolute atomic E-state index is 0.480. The van der Waals surface area contributed by atoms with Crippen molar-refractivity contribution in [3.05, 3.63) is 53.2 Å². The highest BCUT2D eigenvalue weighted by Gasteiger charge is 2.30. The van der Waals surface area contributed by atoms with Crippen molar-refractivity contribution in [2.24, 2.45) is 0 Å². The summed E-state index contributed by atoms with van der Waals surface area (Å²) in [4.78, 5) is 4.25. The van der Waals surface area contributed by atoms with Crippen molar-refractivity contribution < 1.29 is 4.74 Å². The fourth-order valence-electron chi connectivity index (χ4n) is 2.58. The zero-order chi connectivity index (χ0) is 13.9. The molecular weight excluding hydrogens is 272 g/mol. The van der Waals surface area contributed by atoms with Gasteiger partial charge in [-0.25, -0.2) is 4.98 Å². The van der Waals surface area contributed by atoms with Crippen LogP contribution < -0.4 is 10.1 Å². The number of hydrogen-bond donors (Lipinski definition) is 1. The summed E-state index contributed by atoms with van der Waals surface area (Å²) in [5, 5.41) is 3.95. The lowest BCUT2D eigenvalue weighted by Crippen LogP contribution is -2.34. The molecule has 1 aliphatic carbocycles. The Kier molecular flexibility index (Phi) is 3.79. The van der Waals surface area contributed by atoms with Crippen LogP contribution in [0.5, 0.6) is 5.75 Å². The molecule has 0 spiro atoms. The van der Waals surface area contributed by atoms with Crippen molar-refractivity contribution in [2.75, 3.05) is 12.4 Å². The van der Waals surface area contributed by atoms with Crippen LogP contribution in [0.3, 0.4) is 0 Å². The number of hydrogen-bond acceptors (Lipinski definition) is 3. The Morgan fingerprint density at radius 1 is 1.15 bits per heavy atom. The van der Waals surface area contributed by atoms with E-state index in [1.165, 1.54) is 5.56 Å². The van der Waals surface area contributed by atoms with E-state index in [2.05, 4.69) is 22.4 Å². The first-order valence-electron chi connectivity index (χ1n) is 6.77. The Bertz CT molecular complexity index is 579. The molecule has 1 aromatic carbocycles. The average molecular weight is 289 g/mol. The summed E-state index contributed by atoms with van der Waals surface area (Å²) in [6.45, 7) is 0. The maximum Gasteiger partial charge on any atom is 0.131 e. The third-order valence-corrected chi connectivity index (χ3v) is 4.00. The molecule has 20 heavy (non-hydrogen) atoms. The number of ether oxygens (including phenoxy) is 1. The summed E-state index contributed by atoms with van der Waals surface area (Å²) in [6, 6.07) is 14.5. The number of halogens is 1. The Labute approximate surface area is 123 Å². The summed E-state index contributed by atoms with van der Waals surface area (Å²) >= 11 is 5.88. The lowest BCUT2D eigenvalue weighted by molar-refractivity contribution is 0.372. The molecule has 1 saturated carbocycles. The van der Waals surface area contributed by atoms with Gasteiger partial charge in [-0.1, -0.05) is 29.8 Å². The largest absolute Gasteiger partial charge is 0.497 e. The molecule has 1 heterocycles. The topological polar surface area (TPSA) is 34.1 Å². The lowest BCUT2D eigenvalue weighted by Gasteiger charge is -2.36. The fraction of sp³-hybridized carbons (Fsp3) is 0.312. The quantitative estimate of drug-likeness (QED) is 0.860. The van der Waals surface area contributed by atoms with Gasteiger partial charge in [0.05, 0.1) is 7.11 Å². The maximum atomic E-state index is 5.88. The van der Waals surface area contributed by atoms with Gasteiger partial charge in [-0.15, -0.1) is 0 Å². The molecule has 4 heteroatoms. The average Bonchev–Trinajstić information content (AvgIpc) is 2.43. The molecular formula is C16H17ClN2O. The van der Waals surface area contributed by atoms with E-state index in [0.29, 0.717) is 17.1 Å². The molecule has 3 rings (SSSR count). The molecule has 0 atom stereocenters. The zero-order valence-electron chi connectivity index (χ0n) is 11.3. The summed E-state index contributed by atoms with van der Waals surface area (Å²) in [5.74, 6) is 2.39. The van der Waals surface area contributed by atoms with E-state index in [1.54, 1.807) is 13.2 Å². The highest BCUT2D eigenvalue weighted by atomic mass is 35.5. The van der Waals surface area contributed by atoms with Gasteiger partial charge < -0.3 is 10.1 Å².